The van der Waals surface area contributed by atoms with Gasteiger partial charge in [0.25, 0.3) is 5.91 Å². The summed E-state index contributed by atoms with van der Waals surface area (Å²) in [6.07, 6.45) is -0.660. The van der Waals surface area contributed by atoms with Crippen LogP contribution in [0, 0.1) is 0 Å². The second kappa shape index (κ2) is 12.9. The number of rotatable bonds is 10. The molecule has 2 aliphatic rings. The van der Waals surface area contributed by atoms with Gasteiger partial charge in [-0.25, -0.2) is 4.79 Å². The third-order valence-electron chi connectivity index (χ3n) is 9.23. The minimum atomic E-state index is -4.55. The zero-order valence-electron chi connectivity index (χ0n) is 26.8. The third-order valence-corrected chi connectivity index (χ3v) is 9.23. The van der Waals surface area contributed by atoms with Crippen LogP contribution in [0.25, 0.3) is 22.0 Å². The first kappa shape index (κ1) is 32.2. The molecule has 1 N–H and O–H groups in total. The van der Waals surface area contributed by atoms with Crippen molar-refractivity contribution in [1.82, 2.24) is 15.2 Å². The van der Waals surface area contributed by atoms with Gasteiger partial charge in [-0.1, -0.05) is 60.7 Å². The number of nitrogens with one attached hydrogen (secondary N) is 1. The third kappa shape index (κ3) is 6.30. The van der Waals surface area contributed by atoms with Crippen LogP contribution in [0.2, 0.25) is 0 Å². The van der Waals surface area contributed by atoms with Gasteiger partial charge in [-0.2, -0.15) is 13.2 Å². The SMILES string of the molecule is CC1(c2ccc3c(c2)CCO3)NC(=O)N(CCCCOc2cccc(-c3c(Cc4ccccc4)cnc4c(C(F)(F)F)cccc34)c2)C1=O. The Morgan fingerprint density at radius 3 is 2.59 bits per heavy atom. The molecular weight excluding hydrogens is 631 g/mol. The minimum Gasteiger partial charge on any atom is -0.494 e. The van der Waals surface area contributed by atoms with Crippen molar-refractivity contribution >= 4 is 22.8 Å². The maximum atomic E-state index is 14.0. The highest BCUT2D eigenvalue weighted by atomic mass is 19.4. The Bertz CT molecular complexity index is 2050. The molecule has 2 aliphatic heterocycles. The standard InChI is InChI=1S/C39H34F3N3O4/c1-38(29-15-16-33-26(22-29)17-20-49-33)36(46)45(37(47)44-38)18-5-6-19-48-30-12-7-11-27(23-30)34-28(21-25-9-3-2-4-10-25)24-43-35-31(34)13-8-14-32(35)39(40,41)42/h2-4,7-16,22-24H,5-6,17-21H2,1H3,(H,44,47). The van der Waals surface area contributed by atoms with E-state index in [9.17, 15) is 22.8 Å². The smallest absolute Gasteiger partial charge is 0.418 e. The Hall–Kier alpha value is -5.38. The Morgan fingerprint density at radius 2 is 1.78 bits per heavy atom. The van der Waals surface area contributed by atoms with Crippen molar-refractivity contribution < 1.29 is 32.2 Å². The van der Waals surface area contributed by atoms with E-state index in [1.807, 2.05) is 66.7 Å². The summed E-state index contributed by atoms with van der Waals surface area (Å²) < 4.78 is 53.5. The number of unbranched alkanes of at least 4 members (excludes halogenated alkanes) is 1. The van der Waals surface area contributed by atoms with Crippen molar-refractivity contribution in [3.63, 3.8) is 0 Å². The first-order valence-electron chi connectivity index (χ1n) is 16.3. The van der Waals surface area contributed by atoms with Gasteiger partial charge in [0.15, 0.2) is 0 Å². The molecule has 4 aromatic carbocycles. The number of halogens is 3. The number of para-hydroxylation sites is 1. The van der Waals surface area contributed by atoms with Gasteiger partial charge in [0, 0.05) is 24.5 Å². The number of aromatic nitrogens is 1. The van der Waals surface area contributed by atoms with Crippen LogP contribution in [0.5, 0.6) is 11.5 Å². The number of carbonyl (C=O) groups is 2. The van der Waals surface area contributed by atoms with E-state index in [1.54, 1.807) is 19.1 Å². The van der Waals surface area contributed by atoms with Crippen molar-refractivity contribution in [3.8, 4) is 22.6 Å². The molecule has 3 amide bonds. The lowest BCUT2D eigenvalue weighted by molar-refractivity contribution is -0.136. The van der Waals surface area contributed by atoms with Gasteiger partial charge < -0.3 is 14.8 Å². The zero-order valence-corrected chi connectivity index (χ0v) is 26.8. The summed E-state index contributed by atoms with van der Waals surface area (Å²) in [7, 11) is 0. The highest BCUT2D eigenvalue weighted by Gasteiger charge is 2.49. The molecule has 1 aromatic heterocycles. The van der Waals surface area contributed by atoms with E-state index >= 15 is 0 Å². The summed E-state index contributed by atoms with van der Waals surface area (Å²) in [6.45, 7) is 2.89. The number of pyridine rings is 1. The van der Waals surface area contributed by atoms with Crippen LogP contribution in [-0.4, -0.2) is 41.6 Å². The van der Waals surface area contributed by atoms with E-state index in [1.165, 1.54) is 17.2 Å². The lowest BCUT2D eigenvalue weighted by atomic mass is 9.90. The molecule has 7 nitrogen and oxygen atoms in total. The van der Waals surface area contributed by atoms with Crippen LogP contribution in [0.1, 0.15) is 47.6 Å². The summed E-state index contributed by atoms with van der Waals surface area (Å²) in [5.74, 6) is 1.07. The maximum Gasteiger partial charge on any atom is 0.418 e. The predicted molar refractivity (Wildman–Crippen MR) is 179 cm³/mol. The van der Waals surface area contributed by atoms with Gasteiger partial charge in [-0.15, -0.1) is 0 Å². The average Bonchev–Trinajstić information content (AvgIpc) is 3.65. The molecule has 1 fully saturated rings. The van der Waals surface area contributed by atoms with Gasteiger partial charge in [0.1, 0.15) is 17.0 Å². The van der Waals surface area contributed by atoms with Crippen molar-refractivity contribution in [2.24, 2.45) is 0 Å². The van der Waals surface area contributed by atoms with E-state index in [4.69, 9.17) is 9.47 Å². The minimum absolute atomic E-state index is 0.102. The van der Waals surface area contributed by atoms with E-state index in [0.29, 0.717) is 54.7 Å². The molecule has 0 radical (unpaired) electrons. The lowest BCUT2D eigenvalue weighted by Crippen LogP contribution is -2.41. The zero-order chi connectivity index (χ0) is 34.2. The van der Waals surface area contributed by atoms with Crippen LogP contribution in [-0.2, 0) is 29.4 Å². The van der Waals surface area contributed by atoms with Crippen molar-refractivity contribution in [2.75, 3.05) is 19.8 Å². The number of hydrogen-bond acceptors (Lipinski definition) is 5. The average molecular weight is 666 g/mol. The number of benzene rings is 4. The van der Waals surface area contributed by atoms with Gasteiger partial charge in [-0.3, -0.25) is 14.7 Å². The number of carbonyl (C=O) groups excluding carboxylic acids is 2. The second-order valence-corrected chi connectivity index (χ2v) is 12.5. The molecule has 0 bridgehead atoms. The van der Waals surface area contributed by atoms with Crippen LogP contribution >= 0.6 is 0 Å². The van der Waals surface area contributed by atoms with Crippen LogP contribution in [0.15, 0.2) is 97.2 Å². The fourth-order valence-corrected chi connectivity index (χ4v) is 6.68. The summed E-state index contributed by atoms with van der Waals surface area (Å²) in [6, 6.07) is 26.3. The Morgan fingerprint density at radius 1 is 0.959 bits per heavy atom. The molecule has 1 saturated heterocycles. The summed E-state index contributed by atoms with van der Waals surface area (Å²) in [4.78, 5) is 31.8. The predicted octanol–water partition coefficient (Wildman–Crippen LogP) is 8.07. The largest absolute Gasteiger partial charge is 0.494 e. The van der Waals surface area contributed by atoms with Gasteiger partial charge in [-0.05, 0) is 89.9 Å². The quantitative estimate of drug-likeness (QED) is 0.121. The highest BCUT2D eigenvalue weighted by Crippen LogP contribution is 2.40. The molecule has 3 heterocycles. The molecule has 10 heteroatoms. The molecule has 0 saturated carbocycles. The maximum absolute atomic E-state index is 14.0. The van der Waals surface area contributed by atoms with Gasteiger partial charge in [0.2, 0.25) is 0 Å². The number of hydrogen-bond donors (Lipinski definition) is 1. The summed E-state index contributed by atoms with van der Waals surface area (Å²) in [5, 5.41) is 3.28. The van der Waals surface area contributed by atoms with Gasteiger partial charge >= 0.3 is 12.2 Å². The Labute approximate surface area is 281 Å². The van der Waals surface area contributed by atoms with Crippen LogP contribution in [0.4, 0.5) is 18.0 Å². The molecule has 7 rings (SSSR count). The van der Waals surface area contributed by atoms with Gasteiger partial charge in [0.05, 0.1) is 24.3 Å². The molecule has 1 unspecified atom stereocenters. The summed E-state index contributed by atoms with van der Waals surface area (Å²) >= 11 is 0. The fourth-order valence-electron chi connectivity index (χ4n) is 6.68. The monoisotopic (exact) mass is 665 g/mol. The topological polar surface area (TPSA) is 80.8 Å². The number of ether oxygens (including phenoxy) is 2. The normalized spacial score (nSPS) is 17.3. The first-order valence-corrected chi connectivity index (χ1v) is 16.3. The highest BCUT2D eigenvalue weighted by molar-refractivity contribution is 6.07. The Kier molecular flexibility index (Phi) is 8.48. The van der Waals surface area contributed by atoms with E-state index < -0.39 is 23.3 Å². The number of fused-ring (bicyclic) bond motifs is 2. The van der Waals surface area contributed by atoms with Crippen molar-refractivity contribution in [1.29, 1.82) is 0 Å². The van der Waals surface area contributed by atoms with Crippen LogP contribution in [0.3, 0.4) is 0 Å². The molecule has 1 atom stereocenters. The number of imide groups is 1. The molecule has 0 spiro atoms. The van der Waals surface area contributed by atoms with E-state index in [2.05, 4.69) is 10.3 Å². The van der Waals surface area contributed by atoms with Crippen molar-refractivity contribution in [3.05, 3.63) is 125 Å². The lowest BCUT2D eigenvalue weighted by Gasteiger charge is -2.23. The fraction of sp³-hybridized carbons (Fsp3) is 0.256. The Balaban J connectivity index is 1.05. The molecule has 250 valence electrons. The molecule has 5 aromatic rings. The van der Waals surface area contributed by atoms with Crippen LogP contribution < -0.4 is 14.8 Å². The second-order valence-electron chi connectivity index (χ2n) is 12.5. The molecule has 0 aliphatic carbocycles. The number of urea groups is 1. The first-order chi connectivity index (χ1) is 23.6. The summed E-state index contributed by atoms with van der Waals surface area (Å²) in [5.41, 5.74) is 2.91. The molecular formula is C39H34F3N3O4. The number of alkyl halides is 3. The van der Waals surface area contributed by atoms with Crippen molar-refractivity contribution in [2.45, 2.75) is 44.3 Å². The number of amides is 3. The van der Waals surface area contributed by atoms with E-state index in [-0.39, 0.29) is 18.0 Å². The van der Waals surface area contributed by atoms with E-state index in [0.717, 1.165) is 40.5 Å². The number of nitrogens with zero attached hydrogens (tertiary/aromatic N) is 2. The molecule has 49 heavy (non-hydrogen) atoms.